The average molecular weight is 338 g/mol. The third-order valence-corrected chi connectivity index (χ3v) is 3.79. The maximum Gasteiger partial charge on any atom is 0.257 e. The van der Waals surface area contributed by atoms with E-state index in [0.29, 0.717) is 17.1 Å². The molecule has 0 unspecified atom stereocenters. The zero-order chi connectivity index (χ0) is 17.0. The van der Waals surface area contributed by atoms with Gasteiger partial charge in [0, 0.05) is 24.2 Å². The molecule has 0 saturated carbocycles. The second kappa shape index (κ2) is 7.33. The molecule has 0 atom stereocenters. The van der Waals surface area contributed by atoms with Crippen molar-refractivity contribution in [2.24, 2.45) is 0 Å². The molecule has 0 saturated heterocycles. The Morgan fingerprint density at radius 1 is 1.17 bits per heavy atom. The number of hydrogen-bond acceptors (Lipinski definition) is 3. The van der Waals surface area contributed by atoms with Gasteiger partial charge in [0.2, 0.25) is 0 Å². The Morgan fingerprint density at radius 3 is 2.48 bits per heavy atom. The van der Waals surface area contributed by atoms with Gasteiger partial charge in [0.15, 0.2) is 11.5 Å². The van der Waals surface area contributed by atoms with Gasteiger partial charge in [-0.15, -0.1) is 0 Å². The summed E-state index contributed by atoms with van der Waals surface area (Å²) in [5.74, 6) is 0.0250. The summed E-state index contributed by atoms with van der Waals surface area (Å²) in [6.07, 6.45) is 0. The third kappa shape index (κ3) is 3.56. The van der Waals surface area contributed by atoms with Crippen LogP contribution >= 0.6 is 11.6 Å². The fourth-order valence-electron chi connectivity index (χ4n) is 2.25. The monoisotopic (exact) mass is 337 g/mol. The van der Waals surface area contributed by atoms with E-state index in [1.165, 1.54) is 31.3 Å². The van der Waals surface area contributed by atoms with Crippen molar-refractivity contribution in [2.45, 2.75) is 6.54 Å². The van der Waals surface area contributed by atoms with Crippen LogP contribution in [0, 0.1) is 5.82 Å². The van der Waals surface area contributed by atoms with Gasteiger partial charge in [-0.05, 0) is 24.3 Å². The molecule has 0 fully saturated rings. The third-order valence-electron chi connectivity index (χ3n) is 3.44. The predicted molar refractivity (Wildman–Crippen MR) is 86.8 cm³/mol. The summed E-state index contributed by atoms with van der Waals surface area (Å²) < 4.78 is 24.3. The lowest BCUT2D eigenvalue weighted by Crippen LogP contribution is -2.27. The van der Waals surface area contributed by atoms with Gasteiger partial charge in [-0.3, -0.25) is 4.79 Å². The molecule has 0 heterocycles. The highest BCUT2D eigenvalue weighted by Crippen LogP contribution is 2.32. The van der Waals surface area contributed by atoms with Crippen molar-refractivity contribution in [1.82, 2.24) is 4.90 Å². The highest BCUT2D eigenvalue weighted by atomic mass is 35.5. The molecular weight excluding hydrogens is 321 g/mol. The second-order valence-electron chi connectivity index (χ2n) is 4.90. The van der Waals surface area contributed by atoms with E-state index in [9.17, 15) is 9.18 Å². The molecule has 6 heteroatoms. The number of carbonyl (C=O) groups excluding carboxylic acids is 1. The standard InChI is InChI=1S/C17H17ClFNO3/c1-20(10-12-13(18)7-5-8-14(12)19)17(21)11-6-4-9-15(22-2)16(11)23-3/h4-9H,10H2,1-3H3. The molecule has 0 aliphatic carbocycles. The zero-order valence-electron chi connectivity index (χ0n) is 13.1. The van der Waals surface area contributed by atoms with Crippen LogP contribution in [0.15, 0.2) is 36.4 Å². The number of benzene rings is 2. The first kappa shape index (κ1) is 17.1. The van der Waals surface area contributed by atoms with E-state index in [2.05, 4.69) is 0 Å². The van der Waals surface area contributed by atoms with Crippen LogP contribution in [0.25, 0.3) is 0 Å². The van der Waals surface area contributed by atoms with Gasteiger partial charge in [-0.1, -0.05) is 23.7 Å². The number of methoxy groups -OCH3 is 2. The highest BCUT2D eigenvalue weighted by molar-refractivity contribution is 6.31. The summed E-state index contributed by atoms with van der Waals surface area (Å²) in [4.78, 5) is 14.0. The molecule has 2 rings (SSSR count). The van der Waals surface area contributed by atoms with Crippen LogP contribution in [-0.4, -0.2) is 32.1 Å². The molecule has 1 amide bonds. The van der Waals surface area contributed by atoms with Crippen LogP contribution in [0.1, 0.15) is 15.9 Å². The van der Waals surface area contributed by atoms with E-state index in [4.69, 9.17) is 21.1 Å². The molecule has 2 aromatic carbocycles. The number of nitrogens with zero attached hydrogens (tertiary/aromatic N) is 1. The molecule has 0 aliphatic rings. The Hall–Kier alpha value is -2.27. The van der Waals surface area contributed by atoms with Gasteiger partial charge in [0.25, 0.3) is 5.91 Å². The van der Waals surface area contributed by atoms with Gasteiger partial charge in [-0.25, -0.2) is 4.39 Å². The first-order valence-corrected chi connectivity index (χ1v) is 7.26. The van der Waals surface area contributed by atoms with Crippen LogP contribution in [0.2, 0.25) is 5.02 Å². The summed E-state index contributed by atoms with van der Waals surface area (Å²) in [5.41, 5.74) is 0.605. The van der Waals surface area contributed by atoms with E-state index < -0.39 is 5.82 Å². The van der Waals surface area contributed by atoms with Gasteiger partial charge >= 0.3 is 0 Å². The van der Waals surface area contributed by atoms with Crippen molar-refractivity contribution < 1.29 is 18.7 Å². The molecule has 0 N–H and O–H groups in total. The quantitative estimate of drug-likeness (QED) is 0.833. The Morgan fingerprint density at radius 2 is 1.87 bits per heavy atom. The lowest BCUT2D eigenvalue weighted by molar-refractivity contribution is 0.0780. The van der Waals surface area contributed by atoms with Crippen molar-refractivity contribution in [1.29, 1.82) is 0 Å². The van der Waals surface area contributed by atoms with E-state index in [0.717, 1.165) is 0 Å². The molecule has 0 radical (unpaired) electrons. The predicted octanol–water partition coefficient (Wildman–Crippen LogP) is 3.77. The van der Waals surface area contributed by atoms with Crippen molar-refractivity contribution >= 4 is 17.5 Å². The van der Waals surface area contributed by atoms with Crippen molar-refractivity contribution in [2.75, 3.05) is 21.3 Å². The van der Waals surface area contributed by atoms with Crippen LogP contribution in [0.5, 0.6) is 11.5 Å². The Balaban J connectivity index is 2.30. The van der Waals surface area contributed by atoms with E-state index in [1.54, 1.807) is 31.3 Å². The van der Waals surface area contributed by atoms with Crippen LogP contribution in [-0.2, 0) is 6.54 Å². The molecular formula is C17H17ClFNO3. The molecule has 122 valence electrons. The molecule has 0 aliphatic heterocycles. The molecule has 0 aromatic heterocycles. The van der Waals surface area contributed by atoms with Gasteiger partial charge in [-0.2, -0.15) is 0 Å². The van der Waals surface area contributed by atoms with Crippen molar-refractivity contribution in [3.05, 3.63) is 58.4 Å². The number of halogens is 2. The lowest BCUT2D eigenvalue weighted by atomic mass is 10.1. The Bertz CT molecular complexity index is 701. The summed E-state index contributed by atoms with van der Waals surface area (Å²) >= 11 is 6.01. The average Bonchev–Trinajstić information content (AvgIpc) is 2.56. The Kier molecular flexibility index (Phi) is 5.45. The smallest absolute Gasteiger partial charge is 0.257 e. The Labute approximate surface area is 139 Å². The van der Waals surface area contributed by atoms with Crippen LogP contribution in [0.4, 0.5) is 4.39 Å². The van der Waals surface area contributed by atoms with E-state index >= 15 is 0 Å². The maximum absolute atomic E-state index is 13.9. The summed E-state index contributed by atoms with van der Waals surface area (Å²) in [7, 11) is 4.53. The molecule has 0 spiro atoms. The second-order valence-corrected chi connectivity index (χ2v) is 5.31. The number of rotatable bonds is 5. The van der Waals surface area contributed by atoms with Gasteiger partial charge in [0.1, 0.15) is 5.82 Å². The summed E-state index contributed by atoms with van der Waals surface area (Å²) in [6.45, 7) is 0.0463. The van der Waals surface area contributed by atoms with E-state index in [-0.39, 0.29) is 23.0 Å². The summed E-state index contributed by atoms with van der Waals surface area (Å²) in [5, 5.41) is 0.280. The SMILES string of the molecule is COc1cccc(C(=O)N(C)Cc2c(F)cccc2Cl)c1OC. The largest absolute Gasteiger partial charge is 0.493 e. The molecule has 23 heavy (non-hydrogen) atoms. The van der Waals surface area contributed by atoms with Crippen molar-refractivity contribution in [3.8, 4) is 11.5 Å². The number of amides is 1. The molecule has 4 nitrogen and oxygen atoms in total. The number of hydrogen-bond donors (Lipinski definition) is 0. The van der Waals surface area contributed by atoms with Gasteiger partial charge < -0.3 is 14.4 Å². The summed E-state index contributed by atoms with van der Waals surface area (Å²) in [6, 6.07) is 9.44. The highest BCUT2D eigenvalue weighted by Gasteiger charge is 2.21. The van der Waals surface area contributed by atoms with E-state index in [1.807, 2.05) is 0 Å². The van der Waals surface area contributed by atoms with Crippen LogP contribution in [0.3, 0.4) is 0 Å². The lowest BCUT2D eigenvalue weighted by Gasteiger charge is -2.20. The number of carbonyl (C=O) groups is 1. The minimum Gasteiger partial charge on any atom is -0.493 e. The minimum absolute atomic E-state index is 0.0463. The number of para-hydroxylation sites is 1. The van der Waals surface area contributed by atoms with Crippen LogP contribution < -0.4 is 9.47 Å². The first-order valence-electron chi connectivity index (χ1n) is 6.89. The zero-order valence-corrected chi connectivity index (χ0v) is 13.9. The topological polar surface area (TPSA) is 38.8 Å². The number of ether oxygens (including phenoxy) is 2. The fourth-order valence-corrected chi connectivity index (χ4v) is 2.48. The first-order chi connectivity index (χ1) is 11.0. The maximum atomic E-state index is 13.9. The normalized spacial score (nSPS) is 10.3. The van der Waals surface area contributed by atoms with Crippen molar-refractivity contribution in [3.63, 3.8) is 0 Å². The van der Waals surface area contributed by atoms with Gasteiger partial charge in [0.05, 0.1) is 19.8 Å². The minimum atomic E-state index is -0.449. The fraction of sp³-hybridized carbons (Fsp3) is 0.235. The molecule has 0 bridgehead atoms. The molecule has 2 aromatic rings.